The zero-order chi connectivity index (χ0) is 25.8. The smallest absolute Gasteiger partial charge is 0.339 e. The van der Waals surface area contributed by atoms with Crippen LogP contribution in [0.2, 0.25) is 0 Å². The van der Waals surface area contributed by atoms with Gasteiger partial charge < -0.3 is 19.5 Å². The van der Waals surface area contributed by atoms with Crippen LogP contribution < -0.4 is 5.32 Å². The zero-order valence-electron chi connectivity index (χ0n) is 20.9. The molecule has 0 radical (unpaired) electrons. The van der Waals surface area contributed by atoms with Gasteiger partial charge in [0, 0.05) is 55.7 Å². The standard InChI is InChI=1S/C28H31N5O4/c1-19-7-8-23(27(35)30-11-4-13-32-16-12-29-18-32)26(31-19)20-9-14-33(15-10-20)25(34)17-24-21-5-2-3-6-22(21)28(36)37-24/h2-3,5-8,12,16,18,20,24H,4,9-11,13-15,17H2,1H3,(H,30,35). The summed E-state index contributed by atoms with van der Waals surface area (Å²) in [6, 6.07) is 10.9. The van der Waals surface area contributed by atoms with Crippen molar-refractivity contribution in [2.75, 3.05) is 19.6 Å². The molecule has 1 atom stereocenters. The molecule has 0 aliphatic carbocycles. The molecule has 1 aromatic carbocycles. The van der Waals surface area contributed by atoms with Crippen molar-refractivity contribution in [3.63, 3.8) is 0 Å². The van der Waals surface area contributed by atoms with E-state index in [1.54, 1.807) is 24.7 Å². The predicted octanol–water partition coefficient (Wildman–Crippen LogP) is 3.41. The molecule has 1 fully saturated rings. The Morgan fingerprint density at radius 3 is 2.73 bits per heavy atom. The fraction of sp³-hybridized carbons (Fsp3) is 0.393. The third-order valence-corrected chi connectivity index (χ3v) is 7.12. The summed E-state index contributed by atoms with van der Waals surface area (Å²) in [5, 5.41) is 3.02. The fourth-order valence-corrected chi connectivity index (χ4v) is 5.12. The second-order valence-corrected chi connectivity index (χ2v) is 9.64. The van der Waals surface area contributed by atoms with Gasteiger partial charge in [-0.2, -0.15) is 0 Å². The fourth-order valence-electron chi connectivity index (χ4n) is 5.12. The van der Waals surface area contributed by atoms with Gasteiger partial charge >= 0.3 is 5.97 Å². The van der Waals surface area contributed by atoms with Crippen molar-refractivity contribution in [3.05, 3.63) is 83.2 Å². The first-order chi connectivity index (χ1) is 18.0. The first-order valence-corrected chi connectivity index (χ1v) is 12.8. The Morgan fingerprint density at radius 1 is 1.14 bits per heavy atom. The normalized spacial score (nSPS) is 17.4. The van der Waals surface area contributed by atoms with E-state index < -0.39 is 6.10 Å². The topological polar surface area (TPSA) is 106 Å². The molecular formula is C28H31N5O4. The highest BCUT2D eigenvalue weighted by atomic mass is 16.5. The van der Waals surface area contributed by atoms with E-state index >= 15 is 0 Å². The van der Waals surface area contributed by atoms with Gasteiger partial charge in [-0.15, -0.1) is 0 Å². The van der Waals surface area contributed by atoms with Crippen molar-refractivity contribution >= 4 is 17.8 Å². The van der Waals surface area contributed by atoms with Crippen LogP contribution in [0.5, 0.6) is 0 Å². The van der Waals surface area contributed by atoms with Gasteiger partial charge in [0.05, 0.1) is 29.6 Å². The maximum atomic E-state index is 13.0. The molecule has 0 bridgehead atoms. The van der Waals surface area contributed by atoms with Gasteiger partial charge in [-0.1, -0.05) is 18.2 Å². The van der Waals surface area contributed by atoms with Crippen LogP contribution in [0, 0.1) is 6.92 Å². The molecule has 2 aliphatic rings. The maximum absolute atomic E-state index is 13.0. The minimum Gasteiger partial charge on any atom is -0.453 e. The van der Waals surface area contributed by atoms with E-state index in [1.807, 2.05) is 46.9 Å². The Labute approximate surface area is 215 Å². The molecule has 5 rings (SSSR count). The molecule has 0 saturated carbocycles. The van der Waals surface area contributed by atoms with Crippen LogP contribution in [0.4, 0.5) is 0 Å². The average molecular weight is 502 g/mol. The molecule has 1 saturated heterocycles. The van der Waals surface area contributed by atoms with Gasteiger partial charge in [0.15, 0.2) is 0 Å². The third kappa shape index (κ3) is 5.55. The molecule has 2 amide bonds. The van der Waals surface area contributed by atoms with Crippen LogP contribution in [-0.4, -0.2) is 56.9 Å². The van der Waals surface area contributed by atoms with E-state index in [1.165, 1.54) is 0 Å². The number of likely N-dealkylation sites (tertiary alicyclic amines) is 1. The summed E-state index contributed by atoms with van der Waals surface area (Å²) in [6.45, 7) is 4.43. The summed E-state index contributed by atoms with van der Waals surface area (Å²) in [4.78, 5) is 48.7. The maximum Gasteiger partial charge on any atom is 0.339 e. The molecule has 9 nitrogen and oxygen atoms in total. The molecule has 9 heteroatoms. The number of aryl methyl sites for hydroxylation is 2. The lowest BCUT2D eigenvalue weighted by Crippen LogP contribution is -2.39. The van der Waals surface area contributed by atoms with Gasteiger partial charge in [0.1, 0.15) is 6.10 Å². The number of rotatable bonds is 8. The van der Waals surface area contributed by atoms with Crippen LogP contribution in [-0.2, 0) is 16.1 Å². The zero-order valence-corrected chi connectivity index (χ0v) is 20.9. The van der Waals surface area contributed by atoms with Gasteiger partial charge in [-0.3, -0.25) is 14.6 Å². The number of cyclic esters (lactones) is 1. The number of imidazole rings is 1. The first kappa shape index (κ1) is 24.7. The monoisotopic (exact) mass is 501 g/mol. The number of pyridine rings is 1. The van der Waals surface area contributed by atoms with E-state index in [0.29, 0.717) is 30.8 Å². The van der Waals surface area contributed by atoms with Gasteiger partial charge in [-0.25, -0.2) is 9.78 Å². The predicted molar refractivity (Wildman–Crippen MR) is 136 cm³/mol. The Hall–Kier alpha value is -4.01. The lowest BCUT2D eigenvalue weighted by atomic mass is 9.89. The minimum absolute atomic E-state index is 0.0268. The number of aromatic nitrogens is 3. The number of carbonyl (C=O) groups excluding carboxylic acids is 3. The molecule has 3 aromatic rings. The average Bonchev–Trinajstić information content (AvgIpc) is 3.54. The number of esters is 1. The minimum atomic E-state index is -0.531. The molecule has 37 heavy (non-hydrogen) atoms. The number of nitrogens with one attached hydrogen (secondary N) is 1. The lowest BCUT2D eigenvalue weighted by molar-refractivity contribution is -0.134. The second kappa shape index (κ2) is 10.9. The largest absolute Gasteiger partial charge is 0.453 e. The highest BCUT2D eigenvalue weighted by Gasteiger charge is 2.34. The number of fused-ring (bicyclic) bond motifs is 1. The molecule has 1 unspecified atom stereocenters. The number of ether oxygens (including phenoxy) is 1. The van der Waals surface area contributed by atoms with Crippen molar-refractivity contribution < 1.29 is 19.1 Å². The number of benzene rings is 1. The van der Waals surface area contributed by atoms with Crippen molar-refractivity contribution in [3.8, 4) is 0 Å². The van der Waals surface area contributed by atoms with Gasteiger partial charge in [0.2, 0.25) is 5.91 Å². The molecule has 1 N–H and O–H groups in total. The highest BCUT2D eigenvalue weighted by Crippen LogP contribution is 2.35. The Kier molecular flexibility index (Phi) is 7.30. The molecule has 2 aliphatic heterocycles. The van der Waals surface area contributed by atoms with Crippen LogP contribution in [0.3, 0.4) is 0 Å². The van der Waals surface area contributed by atoms with Crippen LogP contribution in [0.15, 0.2) is 55.1 Å². The van der Waals surface area contributed by atoms with Crippen LogP contribution in [0.25, 0.3) is 0 Å². The Morgan fingerprint density at radius 2 is 1.95 bits per heavy atom. The van der Waals surface area contributed by atoms with Crippen LogP contribution in [0.1, 0.15) is 75.4 Å². The Bertz CT molecular complexity index is 1280. The van der Waals surface area contributed by atoms with Crippen molar-refractivity contribution in [2.24, 2.45) is 0 Å². The quantitative estimate of drug-likeness (QED) is 0.375. The van der Waals surface area contributed by atoms with E-state index in [4.69, 9.17) is 9.72 Å². The SMILES string of the molecule is Cc1ccc(C(=O)NCCCn2ccnc2)c(C2CCN(C(=O)CC3OC(=O)c4ccccc43)CC2)n1. The van der Waals surface area contributed by atoms with Crippen molar-refractivity contribution in [2.45, 2.75) is 51.2 Å². The van der Waals surface area contributed by atoms with E-state index in [2.05, 4.69) is 10.3 Å². The summed E-state index contributed by atoms with van der Waals surface area (Å²) >= 11 is 0. The van der Waals surface area contributed by atoms with E-state index in [9.17, 15) is 14.4 Å². The number of nitrogens with zero attached hydrogens (tertiary/aromatic N) is 4. The summed E-state index contributed by atoms with van der Waals surface area (Å²) in [7, 11) is 0. The summed E-state index contributed by atoms with van der Waals surface area (Å²) in [5.41, 5.74) is 3.59. The number of hydrogen-bond acceptors (Lipinski definition) is 6. The van der Waals surface area contributed by atoms with Crippen molar-refractivity contribution in [1.82, 2.24) is 24.8 Å². The first-order valence-electron chi connectivity index (χ1n) is 12.8. The van der Waals surface area contributed by atoms with E-state index in [0.717, 1.165) is 42.8 Å². The molecule has 192 valence electrons. The summed E-state index contributed by atoms with van der Waals surface area (Å²) in [5.74, 6) is -0.416. The number of piperidine rings is 1. The molecule has 4 heterocycles. The highest BCUT2D eigenvalue weighted by molar-refractivity contribution is 5.95. The Balaban J connectivity index is 1.17. The molecule has 0 spiro atoms. The van der Waals surface area contributed by atoms with Gasteiger partial charge in [-0.05, 0) is 44.4 Å². The number of amides is 2. The molecule has 2 aromatic heterocycles. The second-order valence-electron chi connectivity index (χ2n) is 9.64. The molecular weight excluding hydrogens is 470 g/mol. The number of hydrogen-bond donors (Lipinski definition) is 1. The summed E-state index contributed by atoms with van der Waals surface area (Å²) < 4.78 is 7.44. The van der Waals surface area contributed by atoms with E-state index in [-0.39, 0.29) is 30.1 Å². The van der Waals surface area contributed by atoms with Crippen LogP contribution >= 0.6 is 0 Å². The number of carbonyl (C=O) groups is 3. The third-order valence-electron chi connectivity index (χ3n) is 7.12. The lowest BCUT2D eigenvalue weighted by Gasteiger charge is -2.33. The van der Waals surface area contributed by atoms with Gasteiger partial charge in [0.25, 0.3) is 5.91 Å². The summed E-state index contributed by atoms with van der Waals surface area (Å²) in [6.07, 6.45) is 7.27. The van der Waals surface area contributed by atoms with Crippen molar-refractivity contribution in [1.29, 1.82) is 0 Å².